The van der Waals surface area contributed by atoms with E-state index in [1.54, 1.807) is 20.0 Å². The standard InChI is InChI=1S/C16H22N4O2/c1-16(2,22)12-19-15(21)18-10-14-17-8-9-20(14)11-13-6-4-3-5-7-13/h3-9,22H,10-12H2,1-2H3,(H2,18,19,21). The Morgan fingerprint density at radius 3 is 2.68 bits per heavy atom. The quantitative estimate of drug-likeness (QED) is 0.756. The maximum absolute atomic E-state index is 11.7. The number of rotatable bonds is 6. The highest BCUT2D eigenvalue weighted by Crippen LogP contribution is 2.05. The molecule has 0 unspecified atom stereocenters. The summed E-state index contributed by atoms with van der Waals surface area (Å²) in [4.78, 5) is 15.9. The smallest absolute Gasteiger partial charge is 0.315 e. The third-order valence-corrected chi connectivity index (χ3v) is 3.09. The van der Waals surface area contributed by atoms with Gasteiger partial charge < -0.3 is 20.3 Å². The molecule has 2 amide bonds. The molecule has 0 aliphatic heterocycles. The monoisotopic (exact) mass is 302 g/mol. The molecule has 0 aliphatic carbocycles. The van der Waals surface area contributed by atoms with E-state index in [1.165, 1.54) is 5.56 Å². The van der Waals surface area contributed by atoms with E-state index in [-0.39, 0.29) is 12.6 Å². The van der Waals surface area contributed by atoms with E-state index in [0.29, 0.717) is 13.1 Å². The Labute approximate surface area is 130 Å². The van der Waals surface area contributed by atoms with Gasteiger partial charge in [-0.2, -0.15) is 0 Å². The van der Waals surface area contributed by atoms with Crippen LogP contribution in [0.1, 0.15) is 25.2 Å². The Bertz CT molecular complexity index is 602. The SMILES string of the molecule is CC(C)(O)CNC(=O)NCc1nccn1Cc1ccccc1. The number of aromatic nitrogens is 2. The number of nitrogens with one attached hydrogen (secondary N) is 2. The average molecular weight is 302 g/mol. The number of carbonyl (C=O) groups is 1. The van der Waals surface area contributed by atoms with Gasteiger partial charge in [0.05, 0.1) is 12.1 Å². The van der Waals surface area contributed by atoms with Crippen LogP contribution in [0.3, 0.4) is 0 Å². The molecule has 6 heteroatoms. The maximum atomic E-state index is 11.7. The summed E-state index contributed by atoms with van der Waals surface area (Å²) in [6, 6.07) is 9.74. The van der Waals surface area contributed by atoms with Crippen LogP contribution in [0.25, 0.3) is 0 Å². The van der Waals surface area contributed by atoms with Crippen molar-refractivity contribution in [2.45, 2.75) is 32.5 Å². The highest BCUT2D eigenvalue weighted by Gasteiger charge is 2.14. The number of imidazole rings is 1. The number of hydrogen-bond donors (Lipinski definition) is 3. The summed E-state index contributed by atoms with van der Waals surface area (Å²) in [6.07, 6.45) is 3.60. The summed E-state index contributed by atoms with van der Waals surface area (Å²) < 4.78 is 1.99. The van der Waals surface area contributed by atoms with Crippen LogP contribution >= 0.6 is 0 Å². The number of nitrogens with zero attached hydrogens (tertiary/aromatic N) is 2. The predicted octanol–water partition coefficient (Wildman–Crippen LogP) is 1.50. The Balaban J connectivity index is 1.86. The van der Waals surface area contributed by atoms with Gasteiger partial charge in [0.25, 0.3) is 0 Å². The Hall–Kier alpha value is -2.34. The number of hydrogen-bond acceptors (Lipinski definition) is 3. The molecule has 1 aromatic carbocycles. The molecule has 0 radical (unpaired) electrons. The summed E-state index contributed by atoms with van der Waals surface area (Å²) in [5.74, 6) is 0.780. The van der Waals surface area contributed by atoms with Gasteiger partial charge >= 0.3 is 6.03 Å². The molecule has 0 spiro atoms. The van der Waals surface area contributed by atoms with E-state index in [0.717, 1.165) is 5.82 Å². The van der Waals surface area contributed by atoms with Gasteiger partial charge in [0, 0.05) is 25.5 Å². The summed E-state index contributed by atoms with van der Waals surface area (Å²) in [5, 5.41) is 14.9. The number of amides is 2. The Kier molecular flexibility index (Phi) is 5.16. The van der Waals surface area contributed by atoms with Crippen LogP contribution in [-0.4, -0.2) is 32.8 Å². The van der Waals surface area contributed by atoms with E-state index in [9.17, 15) is 9.90 Å². The van der Waals surface area contributed by atoms with Crippen molar-refractivity contribution >= 4 is 6.03 Å². The van der Waals surface area contributed by atoms with Crippen molar-refractivity contribution in [2.24, 2.45) is 0 Å². The highest BCUT2D eigenvalue weighted by atomic mass is 16.3. The molecule has 2 rings (SSSR count). The molecule has 3 N–H and O–H groups in total. The van der Waals surface area contributed by atoms with Crippen LogP contribution in [0.15, 0.2) is 42.7 Å². The van der Waals surface area contributed by atoms with Crippen molar-refractivity contribution in [3.63, 3.8) is 0 Å². The van der Waals surface area contributed by atoms with Crippen molar-refractivity contribution in [1.82, 2.24) is 20.2 Å². The zero-order valence-corrected chi connectivity index (χ0v) is 12.9. The lowest BCUT2D eigenvalue weighted by Gasteiger charge is -2.18. The van der Waals surface area contributed by atoms with Crippen LogP contribution in [0.5, 0.6) is 0 Å². The molecule has 22 heavy (non-hydrogen) atoms. The molecule has 0 atom stereocenters. The minimum absolute atomic E-state index is 0.192. The first-order chi connectivity index (χ1) is 10.4. The molecule has 0 saturated carbocycles. The lowest BCUT2D eigenvalue weighted by Crippen LogP contribution is -2.43. The van der Waals surface area contributed by atoms with Crippen molar-refractivity contribution < 1.29 is 9.90 Å². The van der Waals surface area contributed by atoms with Crippen LogP contribution < -0.4 is 10.6 Å². The fourth-order valence-corrected chi connectivity index (χ4v) is 1.95. The molecule has 0 saturated heterocycles. The van der Waals surface area contributed by atoms with Crippen molar-refractivity contribution in [3.8, 4) is 0 Å². The van der Waals surface area contributed by atoms with E-state index in [2.05, 4.69) is 15.6 Å². The Morgan fingerprint density at radius 1 is 1.27 bits per heavy atom. The first-order valence-corrected chi connectivity index (χ1v) is 7.22. The summed E-state index contributed by atoms with van der Waals surface area (Å²) in [5.41, 5.74) is 0.247. The first-order valence-electron chi connectivity index (χ1n) is 7.22. The molecular weight excluding hydrogens is 280 g/mol. The van der Waals surface area contributed by atoms with Gasteiger partial charge in [-0.3, -0.25) is 0 Å². The third-order valence-electron chi connectivity index (χ3n) is 3.09. The summed E-state index contributed by atoms with van der Waals surface area (Å²) in [6.45, 7) is 4.51. The summed E-state index contributed by atoms with van der Waals surface area (Å²) >= 11 is 0. The fourth-order valence-electron chi connectivity index (χ4n) is 1.95. The number of carbonyl (C=O) groups excluding carboxylic acids is 1. The molecule has 6 nitrogen and oxygen atoms in total. The van der Waals surface area contributed by atoms with Gasteiger partial charge in [0.15, 0.2) is 0 Å². The van der Waals surface area contributed by atoms with Crippen molar-refractivity contribution in [1.29, 1.82) is 0 Å². The molecule has 0 aliphatic rings. The average Bonchev–Trinajstić information content (AvgIpc) is 2.90. The maximum Gasteiger partial charge on any atom is 0.315 e. The zero-order chi connectivity index (χ0) is 16.0. The van der Waals surface area contributed by atoms with Crippen LogP contribution in [0, 0.1) is 0 Å². The topological polar surface area (TPSA) is 79.2 Å². The second kappa shape index (κ2) is 7.09. The van der Waals surface area contributed by atoms with Crippen LogP contribution in [-0.2, 0) is 13.1 Å². The minimum Gasteiger partial charge on any atom is -0.389 e. The Morgan fingerprint density at radius 2 is 2.00 bits per heavy atom. The normalized spacial score (nSPS) is 11.2. The predicted molar refractivity (Wildman–Crippen MR) is 84.3 cm³/mol. The lowest BCUT2D eigenvalue weighted by molar-refractivity contribution is 0.0819. The van der Waals surface area contributed by atoms with E-state index in [1.807, 2.05) is 41.1 Å². The van der Waals surface area contributed by atoms with Crippen LogP contribution in [0.2, 0.25) is 0 Å². The second-order valence-electron chi connectivity index (χ2n) is 5.81. The third kappa shape index (κ3) is 5.21. The molecule has 118 valence electrons. The zero-order valence-electron chi connectivity index (χ0n) is 12.9. The van der Waals surface area contributed by atoms with Crippen molar-refractivity contribution in [2.75, 3.05) is 6.54 Å². The van der Waals surface area contributed by atoms with Gasteiger partial charge in [0.1, 0.15) is 5.82 Å². The van der Waals surface area contributed by atoms with Gasteiger partial charge in [0.2, 0.25) is 0 Å². The number of benzene rings is 1. The first kappa shape index (κ1) is 16.0. The van der Waals surface area contributed by atoms with Gasteiger partial charge in [-0.25, -0.2) is 9.78 Å². The molecule has 1 aromatic heterocycles. The van der Waals surface area contributed by atoms with Gasteiger partial charge in [-0.15, -0.1) is 0 Å². The lowest BCUT2D eigenvalue weighted by atomic mass is 10.1. The van der Waals surface area contributed by atoms with Gasteiger partial charge in [-0.1, -0.05) is 30.3 Å². The van der Waals surface area contributed by atoms with E-state index in [4.69, 9.17) is 0 Å². The molecule has 1 heterocycles. The largest absolute Gasteiger partial charge is 0.389 e. The highest BCUT2D eigenvalue weighted by molar-refractivity contribution is 5.73. The molecule has 0 fully saturated rings. The van der Waals surface area contributed by atoms with Crippen molar-refractivity contribution in [3.05, 3.63) is 54.1 Å². The number of aliphatic hydroxyl groups is 1. The minimum atomic E-state index is -0.927. The molecular formula is C16H22N4O2. The van der Waals surface area contributed by atoms with E-state index >= 15 is 0 Å². The van der Waals surface area contributed by atoms with E-state index < -0.39 is 5.60 Å². The van der Waals surface area contributed by atoms with Crippen LogP contribution in [0.4, 0.5) is 4.79 Å². The second-order valence-corrected chi connectivity index (χ2v) is 5.81. The number of urea groups is 1. The summed E-state index contributed by atoms with van der Waals surface area (Å²) in [7, 11) is 0. The fraction of sp³-hybridized carbons (Fsp3) is 0.375. The van der Waals surface area contributed by atoms with Gasteiger partial charge in [-0.05, 0) is 19.4 Å². The molecule has 0 bridgehead atoms. The molecule has 2 aromatic rings.